The Morgan fingerprint density at radius 2 is 2.31 bits per heavy atom. The van der Waals surface area contributed by atoms with E-state index < -0.39 is 7.60 Å². The summed E-state index contributed by atoms with van der Waals surface area (Å²) in [6.45, 7) is 1.94. The number of hydrogen-bond donors (Lipinski definition) is 3. The van der Waals surface area contributed by atoms with Crippen molar-refractivity contribution in [2.75, 3.05) is 11.9 Å². The second kappa shape index (κ2) is 3.49. The van der Waals surface area contributed by atoms with Crippen LogP contribution in [0.3, 0.4) is 0 Å². The van der Waals surface area contributed by atoms with Crippen molar-refractivity contribution >= 4 is 13.3 Å². The third kappa shape index (κ3) is 2.84. The summed E-state index contributed by atoms with van der Waals surface area (Å²) >= 11 is 0. The van der Waals surface area contributed by atoms with Gasteiger partial charge in [-0.05, 0) is 6.92 Å². The van der Waals surface area contributed by atoms with Gasteiger partial charge in [0, 0.05) is 0 Å². The first kappa shape index (κ1) is 10.2. The molecule has 0 saturated carbocycles. The maximum absolute atomic E-state index is 10.5. The molecule has 4 N–H and O–H groups in total. The van der Waals surface area contributed by atoms with Crippen LogP contribution in [0.2, 0.25) is 0 Å². The van der Waals surface area contributed by atoms with Crippen LogP contribution >= 0.6 is 7.60 Å². The topological polar surface area (TPSA) is 101 Å². The fourth-order valence-corrected chi connectivity index (χ4v) is 1.36. The first-order valence-corrected chi connectivity index (χ1v) is 5.52. The summed E-state index contributed by atoms with van der Waals surface area (Å²) in [4.78, 5) is 17.2. The maximum Gasteiger partial charge on any atom is 0.327 e. The smallest absolute Gasteiger partial charge is 0.327 e. The standard InChI is InChI=1S/C6H12N3O3P/c1-5-6(7)4-8-9(5)2-3-13(10,11)12/h4H,2-3,7H2,1H3,(H2,10,11,12). The third-order valence-corrected chi connectivity index (χ3v) is 2.53. The van der Waals surface area contributed by atoms with Crippen molar-refractivity contribution in [2.45, 2.75) is 13.5 Å². The quantitative estimate of drug-likeness (QED) is 0.600. The predicted molar refractivity (Wildman–Crippen MR) is 48.3 cm³/mol. The van der Waals surface area contributed by atoms with Gasteiger partial charge in [-0.1, -0.05) is 0 Å². The normalized spacial score (nSPS) is 11.9. The zero-order valence-corrected chi connectivity index (χ0v) is 8.11. The molecule has 0 aliphatic carbocycles. The van der Waals surface area contributed by atoms with Gasteiger partial charge in [0.25, 0.3) is 0 Å². The Kier molecular flexibility index (Phi) is 2.75. The van der Waals surface area contributed by atoms with E-state index in [1.807, 2.05) is 0 Å². The Bertz CT molecular complexity index is 343. The van der Waals surface area contributed by atoms with Gasteiger partial charge in [-0.2, -0.15) is 5.10 Å². The maximum atomic E-state index is 10.5. The lowest BCUT2D eigenvalue weighted by atomic mass is 10.4. The molecule has 0 bridgehead atoms. The monoisotopic (exact) mass is 205 g/mol. The van der Waals surface area contributed by atoms with E-state index in [1.165, 1.54) is 10.9 Å². The van der Waals surface area contributed by atoms with Crippen molar-refractivity contribution in [1.29, 1.82) is 0 Å². The van der Waals surface area contributed by atoms with Gasteiger partial charge < -0.3 is 15.5 Å². The molecule has 0 saturated heterocycles. The lowest BCUT2D eigenvalue weighted by molar-refractivity contribution is 0.368. The largest absolute Gasteiger partial charge is 0.396 e. The van der Waals surface area contributed by atoms with E-state index in [1.54, 1.807) is 6.92 Å². The van der Waals surface area contributed by atoms with Crippen LogP contribution in [0, 0.1) is 6.92 Å². The van der Waals surface area contributed by atoms with Crippen LogP contribution < -0.4 is 5.73 Å². The molecule has 1 heterocycles. The van der Waals surface area contributed by atoms with E-state index in [-0.39, 0.29) is 12.7 Å². The van der Waals surface area contributed by atoms with E-state index in [2.05, 4.69) is 5.10 Å². The van der Waals surface area contributed by atoms with Crippen LogP contribution in [-0.2, 0) is 11.1 Å². The van der Waals surface area contributed by atoms with Gasteiger partial charge in [0.1, 0.15) is 0 Å². The molecule has 0 radical (unpaired) electrons. The predicted octanol–water partition coefficient (Wildman–Crippen LogP) is -0.0486. The van der Waals surface area contributed by atoms with Crippen LogP contribution in [0.15, 0.2) is 6.20 Å². The van der Waals surface area contributed by atoms with E-state index in [9.17, 15) is 4.57 Å². The van der Waals surface area contributed by atoms with Crippen molar-refractivity contribution in [3.05, 3.63) is 11.9 Å². The molecule has 0 spiro atoms. The first-order chi connectivity index (χ1) is 5.90. The fraction of sp³-hybridized carbons (Fsp3) is 0.500. The number of nitrogen functional groups attached to an aromatic ring is 1. The zero-order chi connectivity index (χ0) is 10.1. The number of aromatic nitrogens is 2. The molecule has 74 valence electrons. The summed E-state index contributed by atoms with van der Waals surface area (Å²) in [6, 6.07) is 0. The molecule has 0 fully saturated rings. The summed E-state index contributed by atoms with van der Waals surface area (Å²) < 4.78 is 12.0. The average Bonchev–Trinajstić information content (AvgIpc) is 2.29. The highest BCUT2D eigenvalue weighted by molar-refractivity contribution is 7.51. The van der Waals surface area contributed by atoms with Crippen LogP contribution in [0.4, 0.5) is 5.69 Å². The number of nitrogens with zero attached hydrogens (tertiary/aromatic N) is 2. The summed E-state index contributed by atoms with van der Waals surface area (Å²) in [6.07, 6.45) is 1.25. The third-order valence-electron chi connectivity index (χ3n) is 1.74. The van der Waals surface area contributed by atoms with Gasteiger partial charge in [-0.15, -0.1) is 0 Å². The first-order valence-electron chi connectivity index (χ1n) is 3.72. The number of rotatable bonds is 3. The van der Waals surface area contributed by atoms with E-state index in [0.717, 1.165) is 5.69 Å². The summed E-state index contributed by atoms with van der Waals surface area (Å²) in [5, 5.41) is 3.87. The van der Waals surface area contributed by atoms with E-state index in [4.69, 9.17) is 15.5 Å². The SMILES string of the molecule is Cc1c(N)cnn1CCP(=O)(O)O. The Hall–Kier alpha value is -0.840. The molecule has 0 aliphatic rings. The van der Waals surface area contributed by atoms with Gasteiger partial charge in [0.2, 0.25) is 0 Å². The minimum absolute atomic E-state index is 0.188. The Balaban J connectivity index is 2.65. The highest BCUT2D eigenvalue weighted by Gasteiger charge is 2.13. The molecule has 1 aromatic rings. The van der Waals surface area contributed by atoms with Crippen molar-refractivity contribution < 1.29 is 14.4 Å². The highest BCUT2D eigenvalue weighted by Crippen LogP contribution is 2.34. The molecule has 13 heavy (non-hydrogen) atoms. The fourth-order valence-electron chi connectivity index (χ4n) is 0.911. The van der Waals surface area contributed by atoms with Gasteiger partial charge >= 0.3 is 7.60 Å². The molecule has 0 aliphatic heterocycles. The molecule has 7 heteroatoms. The second-order valence-electron chi connectivity index (χ2n) is 2.80. The molecular formula is C6H12N3O3P. The van der Waals surface area contributed by atoms with Crippen molar-refractivity contribution in [1.82, 2.24) is 9.78 Å². The molecule has 0 aromatic carbocycles. The lowest BCUT2D eigenvalue weighted by Crippen LogP contribution is -2.06. The minimum Gasteiger partial charge on any atom is -0.396 e. The van der Waals surface area contributed by atoms with Gasteiger partial charge in [0.05, 0.1) is 30.3 Å². The summed E-state index contributed by atoms with van der Waals surface area (Å²) in [5.74, 6) is 0. The molecule has 0 unspecified atom stereocenters. The van der Waals surface area contributed by atoms with Crippen LogP contribution in [0.1, 0.15) is 5.69 Å². The molecule has 1 aromatic heterocycles. The Morgan fingerprint density at radius 1 is 1.69 bits per heavy atom. The molecular weight excluding hydrogens is 193 g/mol. The number of nitrogens with two attached hydrogens (primary N) is 1. The zero-order valence-electron chi connectivity index (χ0n) is 7.21. The minimum atomic E-state index is -3.94. The van der Waals surface area contributed by atoms with Crippen LogP contribution in [-0.4, -0.2) is 25.7 Å². The number of hydrogen-bond acceptors (Lipinski definition) is 3. The number of aryl methyl sites for hydroxylation is 1. The highest BCUT2D eigenvalue weighted by atomic mass is 31.2. The van der Waals surface area contributed by atoms with Gasteiger partial charge in [-0.3, -0.25) is 9.25 Å². The second-order valence-corrected chi connectivity index (χ2v) is 4.57. The average molecular weight is 205 g/mol. The molecule has 0 atom stereocenters. The lowest BCUT2D eigenvalue weighted by Gasteiger charge is -2.05. The number of anilines is 1. The molecule has 6 nitrogen and oxygen atoms in total. The van der Waals surface area contributed by atoms with Crippen molar-refractivity contribution in [2.24, 2.45) is 0 Å². The summed E-state index contributed by atoms with van der Waals surface area (Å²) in [7, 11) is -3.94. The van der Waals surface area contributed by atoms with E-state index in [0.29, 0.717) is 5.69 Å². The van der Waals surface area contributed by atoms with Crippen molar-refractivity contribution in [3.8, 4) is 0 Å². The van der Waals surface area contributed by atoms with Crippen molar-refractivity contribution in [3.63, 3.8) is 0 Å². The van der Waals surface area contributed by atoms with E-state index >= 15 is 0 Å². The van der Waals surface area contributed by atoms with Gasteiger partial charge in [0.15, 0.2) is 0 Å². The van der Waals surface area contributed by atoms with Crippen LogP contribution in [0.25, 0.3) is 0 Å². The van der Waals surface area contributed by atoms with Gasteiger partial charge in [-0.25, -0.2) is 0 Å². The molecule has 1 rings (SSSR count). The molecule has 0 amide bonds. The van der Waals surface area contributed by atoms with Crippen LogP contribution in [0.5, 0.6) is 0 Å². The Morgan fingerprint density at radius 3 is 2.69 bits per heavy atom. The Labute approximate surface area is 75.5 Å². The summed E-state index contributed by atoms with van der Waals surface area (Å²) in [5.41, 5.74) is 6.77.